The number of ether oxygens (including phenoxy) is 1. The van der Waals surface area contributed by atoms with Crippen molar-refractivity contribution < 1.29 is 19.4 Å². The third-order valence-electron chi connectivity index (χ3n) is 14.7. The summed E-state index contributed by atoms with van der Waals surface area (Å²) in [6, 6.07) is 7.52. The monoisotopic (exact) mass is 572 g/mol. The normalized spacial score (nSPS) is 43.6. The highest BCUT2D eigenvalue weighted by Crippen LogP contribution is 2.77. The highest BCUT2D eigenvalue weighted by atomic mass is 16.5. The zero-order valence-corrected chi connectivity index (χ0v) is 27.0. The SMILES string of the molecule is C=C(C)[C@@H]1CC[C@]2(C(=O)OC)CC[C@]3(C)[C@H](CC[C@@H]4[C@@]5(C)CC=C(c6ccc(C(=O)O)cc6)C(C)(C)[C@@H]5CC[C@]43C)[C@@H]12. The molecule has 0 bridgehead atoms. The maximum Gasteiger partial charge on any atom is 0.335 e. The van der Waals surface area contributed by atoms with Crippen LogP contribution in [0.2, 0.25) is 0 Å². The lowest BCUT2D eigenvalue weighted by Crippen LogP contribution is -2.66. The Hall–Kier alpha value is -2.36. The van der Waals surface area contributed by atoms with E-state index in [2.05, 4.69) is 54.2 Å². The van der Waals surface area contributed by atoms with Gasteiger partial charge in [0.25, 0.3) is 0 Å². The number of carboxylic acids is 1. The average Bonchev–Trinajstić information content (AvgIpc) is 3.34. The predicted molar refractivity (Wildman–Crippen MR) is 168 cm³/mol. The van der Waals surface area contributed by atoms with Crippen molar-refractivity contribution in [3.63, 3.8) is 0 Å². The van der Waals surface area contributed by atoms with Gasteiger partial charge in [-0.1, -0.05) is 65.0 Å². The summed E-state index contributed by atoms with van der Waals surface area (Å²) in [5, 5.41) is 9.42. The Labute approximate surface area is 253 Å². The topological polar surface area (TPSA) is 63.6 Å². The van der Waals surface area contributed by atoms with Crippen LogP contribution in [0.1, 0.15) is 115 Å². The first-order chi connectivity index (χ1) is 19.7. The quantitative estimate of drug-likeness (QED) is 0.289. The molecule has 1 N–H and O–H groups in total. The number of carbonyl (C=O) groups is 2. The Balaban J connectivity index is 1.37. The maximum atomic E-state index is 13.5. The van der Waals surface area contributed by atoms with Gasteiger partial charge in [0.2, 0.25) is 0 Å². The summed E-state index contributed by atoms with van der Waals surface area (Å²) >= 11 is 0. The molecule has 0 radical (unpaired) electrons. The first-order valence-corrected chi connectivity index (χ1v) is 16.5. The zero-order chi connectivity index (χ0) is 30.5. The van der Waals surface area contributed by atoms with Gasteiger partial charge in [-0.3, -0.25) is 4.79 Å². The second-order valence-electron chi connectivity index (χ2n) is 16.3. The molecule has 0 saturated heterocycles. The van der Waals surface area contributed by atoms with Gasteiger partial charge in [-0.2, -0.15) is 0 Å². The van der Waals surface area contributed by atoms with Gasteiger partial charge in [0.15, 0.2) is 0 Å². The van der Waals surface area contributed by atoms with E-state index in [-0.39, 0.29) is 33.0 Å². The number of allylic oxidation sites excluding steroid dienone is 3. The summed E-state index contributed by atoms with van der Waals surface area (Å²) in [6.07, 6.45) is 12.5. The molecule has 228 valence electrons. The molecule has 6 rings (SSSR count). The van der Waals surface area contributed by atoms with Gasteiger partial charge >= 0.3 is 11.9 Å². The van der Waals surface area contributed by atoms with Crippen molar-refractivity contribution >= 4 is 17.5 Å². The maximum absolute atomic E-state index is 13.5. The molecule has 5 aliphatic carbocycles. The number of benzene rings is 1. The molecule has 0 unspecified atom stereocenters. The molecular formula is C38H52O4. The molecule has 5 aliphatic rings. The number of hydrogen-bond donors (Lipinski definition) is 1. The van der Waals surface area contributed by atoms with Crippen LogP contribution in [-0.2, 0) is 9.53 Å². The second kappa shape index (κ2) is 9.57. The molecule has 0 heterocycles. The summed E-state index contributed by atoms with van der Waals surface area (Å²) in [7, 11) is 1.59. The molecule has 9 atom stereocenters. The number of fused-ring (bicyclic) bond motifs is 7. The first-order valence-electron chi connectivity index (χ1n) is 16.5. The van der Waals surface area contributed by atoms with E-state index < -0.39 is 5.97 Å². The Bertz CT molecular complexity index is 1340. The molecule has 4 fully saturated rings. The molecule has 0 amide bonds. The molecular weight excluding hydrogens is 520 g/mol. The molecule has 4 heteroatoms. The molecule has 4 nitrogen and oxygen atoms in total. The van der Waals surface area contributed by atoms with Gasteiger partial charge in [0.05, 0.1) is 18.1 Å². The van der Waals surface area contributed by atoms with Crippen LogP contribution in [0.5, 0.6) is 0 Å². The van der Waals surface area contributed by atoms with E-state index in [1.807, 2.05) is 12.1 Å². The molecule has 0 aromatic heterocycles. The van der Waals surface area contributed by atoms with Crippen LogP contribution >= 0.6 is 0 Å². The molecule has 42 heavy (non-hydrogen) atoms. The number of rotatable bonds is 4. The van der Waals surface area contributed by atoms with Crippen molar-refractivity contribution in [3.05, 3.63) is 53.6 Å². The highest BCUT2D eigenvalue weighted by Gasteiger charge is 2.71. The lowest BCUT2D eigenvalue weighted by molar-refractivity contribution is -0.228. The number of methoxy groups -OCH3 is 1. The van der Waals surface area contributed by atoms with E-state index in [4.69, 9.17) is 4.74 Å². The van der Waals surface area contributed by atoms with Crippen molar-refractivity contribution in [1.29, 1.82) is 0 Å². The summed E-state index contributed by atoms with van der Waals surface area (Å²) < 4.78 is 5.54. The van der Waals surface area contributed by atoms with Crippen LogP contribution in [0.3, 0.4) is 0 Å². The minimum absolute atomic E-state index is 0.0000730. The fourth-order valence-electron chi connectivity index (χ4n) is 12.6. The summed E-state index contributed by atoms with van der Waals surface area (Å²) in [5.74, 6) is 1.62. The summed E-state index contributed by atoms with van der Waals surface area (Å²) in [5.41, 5.74) is 4.40. The molecule has 0 spiro atoms. The van der Waals surface area contributed by atoms with E-state index in [9.17, 15) is 14.7 Å². The lowest BCUT2D eigenvalue weighted by atomic mass is 9.32. The fraction of sp³-hybridized carbons (Fsp3) is 0.684. The molecule has 1 aromatic rings. The third kappa shape index (κ3) is 3.71. The van der Waals surface area contributed by atoms with Gasteiger partial charge in [0.1, 0.15) is 0 Å². The number of carboxylic acid groups (broad SMARTS) is 1. The minimum atomic E-state index is -0.875. The van der Waals surface area contributed by atoms with E-state index in [0.717, 1.165) is 37.7 Å². The van der Waals surface area contributed by atoms with Gasteiger partial charge < -0.3 is 9.84 Å². The van der Waals surface area contributed by atoms with E-state index in [1.54, 1.807) is 19.2 Å². The molecule has 4 saturated carbocycles. The van der Waals surface area contributed by atoms with Crippen molar-refractivity contribution in [3.8, 4) is 0 Å². The van der Waals surface area contributed by atoms with Crippen LogP contribution < -0.4 is 0 Å². The summed E-state index contributed by atoms with van der Waals surface area (Å²) in [4.78, 5) is 25.0. The Morgan fingerprint density at radius 1 is 0.881 bits per heavy atom. The van der Waals surface area contributed by atoms with Gasteiger partial charge in [0, 0.05) is 0 Å². The van der Waals surface area contributed by atoms with E-state index >= 15 is 0 Å². The summed E-state index contributed by atoms with van der Waals surface area (Å²) in [6.45, 7) is 19.3. The zero-order valence-electron chi connectivity index (χ0n) is 27.0. The number of esters is 1. The van der Waals surface area contributed by atoms with E-state index in [1.165, 1.54) is 36.8 Å². The van der Waals surface area contributed by atoms with Crippen LogP contribution in [0.15, 0.2) is 42.5 Å². The smallest absolute Gasteiger partial charge is 0.335 e. The Kier molecular flexibility index (Phi) is 6.77. The number of carbonyl (C=O) groups excluding carboxylic acids is 1. The first kappa shape index (κ1) is 29.7. The largest absolute Gasteiger partial charge is 0.478 e. The van der Waals surface area contributed by atoms with Crippen molar-refractivity contribution in [1.82, 2.24) is 0 Å². The fourth-order valence-corrected chi connectivity index (χ4v) is 12.6. The van der Waals surface area contributed by atoms with Crippen LogP contribution in [0.4, 0.5) is 0 Å². The number of hydrogen-bond acceptors (Lipinski definition) is 3. The van der Waals surface area contributed by atoms with Gasteiger partial charge in [-0.05, 0) is 139 Å². The molecule has 0 aliphatic heterocycles. The average molecular weight is 573 g/mol. The van der Waals surface area contributed by atoms with Gasteiger partial charge in [-0.25, -0.2) is 4.79 Å². The third-order valence-corrected chi connectivity index (χ3v) is 14.7. The Morgan fingerprint density at radius 3 is 2.19 bits per heavy atom. The van der Waals surface area contributed by atoms with Crippen molar-refractivity contribution in [2.45, 2.75) is 99.3 Å². The van der Waals surface area contributed by atoms with E-state index in [0.29, 0.717) is 35.2 Å². The van der Waals surface area contributed by atoms with Crippen LogP contribution in [0, 0.1) is 56.7 Å². The number of aromatic carboxylic acids is 1. The Morgan fingerprint density at radius 2 is 1.57 bits per heavy atom. The van der Waals surface area contributed by atoms with Crippen LogP contribution in [-0.4, -0.2) is 24.2 Å². The van der Waals surface area contributed by atoms with Crippen molar-refractivity contribution in [2.75, 3.05) is 7.11 Å². The van der Waals surface area contributed by atoms with Gasteiger partial charge in [-0.15, -0.1) is 0 Å². The van der Waals surface area contributed by atoms with Crippen molar-refractivity contribution in [2.24, 2.45) is 56.7 Å². The van der Waals surface area contributed by atoms with Crippen LogP contribution in [0.25, 0.3) is 5.57 Å². The molecule has 1 aromatic carbocycles. The second-order valence-corrected chi connectivity index (χ2v) is 16.3. The highest BCUT2D eigenvalue weighted by molar-refractivity contribution is 5.88. The lowest BCUT2D eigenvalue weighted by Gasteiger charge is -2.72. The minimum Gasteiger partial charge on any atom is -0.478 e. The predicted octanol–water partition coefficient (Wildman–Crippen LogP) is 9.21. The standard InChI is InChI=1S/C38H52O4/c1-23(2)26-15-20-38(33(41)42-8)22-21-36(6)28(31(26)38)13-14-30-35(5)18-16-27(24-9-11-25(12-10-24)32(39)40)34(3,4)29(35)17-19-37(30,36)7/h9-12,16,26,28-31H,1,13-15,17-22H2,2-8H3,(H,39,40)/t26-,28+,29-,30+,31+,35-,36+,37+,38-/m0/s1.